The van der Waals surface area contributed by atoms with Crippen LogP contribution in [0.4, 0.5) is 0 Å². The van der Waals surface area contributed by atoms with Crippen LogP contribution in [0.5, 0.6) is 0 Å². The molecule has 0 radical (unpaired) electrons. The molecule has 0 amide bonds. The molecule has 0 saturated heterocycles. The topological polar surface area (TPSA) is 57.1 Å². The van der Waals surface area contributed by atoms with Gasteiger partial charge in [-0.25, -0.2) is 9.79 Å². The molecule has 0 aliphatic heterocycles. The molecule has 0 heterocycles. The first-order valence-corrected chi connectivity index (χ1v) is 25.6. The Kier molecular flexibility index (Phi) is 44.4. The highest BCUT2D eigenvalue weighted by Crippen LogP contribution is 2.22. The van der Waals surface area contributed by atoms with Gasteiger partial charge in [0.05, 0.1) is 6.54 Å². The molecule has 5 nitrogen and oxygen atoms in total. The van der Waals surface area contributed by atoms with E-state index in [1.165, 1.54) is 231 Å². The third-order valence-electron chi connectivity index (χ3n) is 10.9. The minimum atomic E-state index is -2.43. The fourth-order valence-corrected chi connectivity index (χ4v) is 10.5. The van der Waals surface area contributed by atoms with Crippen molar-refractivity contribution in [3.63, 3.8) is 0 Å². The normalized spacial score (nSPS) is 11.8. The van der Waals surface area contributed by atoms with E-state index in [2.05, 4.69) is 4.99 Å². The summed E-state index contributed by atoms with van der Waals surface area (Å²) >= 11 is 0. The van der Waals surface area contributed by atoms with Crippen LogP contribution in [0.2, 0.25) is 6.04 Å². The maximum absolute atomic E-state index is 10.0. The van der Waals surface area contributed by atoms with Crippen molar-refractivity contribution in [1.29, 1.82) is 0 Å². The molecule has 0 bridgehead atoms. The largest absolute Gasteiger partial charge is 0.500 e. The van der Waals surface area contributed by atoms with Gasteiger partial charge in [-0.1, -0.05) is 225 Å². The Labute approximate surface area is 327 Å². The lowest BCUT2D eigenvalue weighted by Gasteiger charge is -2.28. The predicted molar refractivity (Wildman–Crippen MR) is 229 cm³/mol. The van der Waals surface area contributed by atoms with Gasteiger partial charge in [0.2, 0.25) is 6.08 Å². The second-order valence-corrected chi connectivity index (χ2v) is 18.5. The van der Waals surface area contributed by atoms with Gasteiger partial charge in [-0.3, -0.25) is 0 Å². The molecule has 0 saturated carbocycles. The standard InChI is InChI=1S/C46H93NO4Si/c1-4-49-52(50-5-2,51-6-3)45-43-41-39-37-35-33-31-29-27-25-23-21-19-17-15-13-11-9-7-8-10-12-14-16-18-20-22-24-26-28-30-32-34-36-38-40-42-44-47-46-48/h4-45H2,1-3H3. The van der Waals surface area contributed by atoms with Crippen molar-refractivity contribution >= 4 is 14.9 Å². The second-order valence-electron chi connectivity index (χ2n) is 15.8. The number of rotatable bonds is 46. The summed E-state index contributed by atoms with van der Waals surface area (Å²) in [7, 11) is -2.43. The number of hydrogen-bond acceptors (Lipinski definition) is 5. The SMILES string of the molecule is CCO[Si](CCCCCCCCCCCCCCCCCCCCCCCCCCCCCCCCCCCCCCCN=C=O)(OCC)OCC. The van der Waals surface area contributed by atoms with E-state index in [-0.39, 0.29) is 0 Å². The highest BCUT2D eigenvalue weighted by Gasteiger charge is 2.39. The lowest BCUT2D eigenvalue weighted by Crippen LogP contribution is -2.45. The van der Waals surface area contributed by atoms with Gasteiger partial charge in [0.25, 0.3) is 0 Å². The van der Waals surface area contributed by atoms with E-state index >= 15 is 0 Å². The number of hydrogen-bond donors (Lipinski definition) is 0. The monoisotopic (exact) mass is 752 g/mol. The van der Waals surface area contributed by atoms with Crippen molar-refractivity contribution in [2.45, 2.75) is 264 Å². The van der Waals surface area contributed by atoms with E-state index in [4.69, 9.17) is 13.3 Å². The van der Waals surface area contributed by atoms with E-state index in [1.54, 1.807) is 6.08 Å². The number of nitrogens with zero attached hydrogens (tertiary/aromatic N) is 1. The van der Waals surface area contributed by atoms with Crippen LogP contribution in [-0.4, -0.2) is 41.2 Å². The van der Waals surface area contributed by atoms with E-state index in [0.29, 0.717) is 26.4 Å². The molecule has 0 spiro atoms. The lowest BCUT2D eigenvalue weighted by atomic mass is 10.0. The molecular weight excluding hydrogens is 659 g/mol. The number of isocyanates is 1. The van der Waals surface area contributed by atoms with E-state index in [0.717, 1.165) is 12.5 Å². The van der Waals surface area contributed by atoms with Crippen molar-refractivity contribution in [3.05, 3.63) is 0 Å². The summed E-state index contributed by atoms with van der Waals surface area (Å²) in [4.78, 5) is 13.6. The molecule has 0 fully saturated rings. The van der Waals surface area contributed by atoms with Gasteiger partial charge >= 0.3 is 8.80 Å². The Balaban J connectivity index is 3.20. The smallest absolute Gasteiger partial charge is 0.374 e. The minimum Gasteiger partial charge on any atom is -0.374 e. The van der Waals surface area contributed by atoms with Crippen LogP contribution in [-0.2, 0) is 18.1 Å². The van der Waals surface area contributed by atoms with Gasteiger partial charge in [0.15, 0.2) is 0 Å². The highest BCUT2D eigenvalue weighted by atomic mass is 28.4. The second kappa shape index (κ2) is 44.9. The van der Waals surface area contributed by atoms with Gasteiger partial charge in [0, 0.05) is 25.9 Å². The molecule has 52 heavy (non-hydrogen) atoms. The third-order valence-corrected chi connectivity index (χ3v) is 14.1. The summed E-state index contributed by atoms with van der Waals surface area (Å²) in [5.74, 6) is 0. The first-order chi connectivity index (χ1) is 25.7. The minimum absolute atomic E-state index is 0.666. The molecule has 0 aromatic heterocycles. The Hall–Kier alpha value is -0.523. The van der Waals surface area contributed by atoms with Crippen molar-refractivity contribution in [1.82, 2.24) is 0 Å². The number of carbonyl (C=O) groups excluding carboxylic acids is 1. The summed E-state index contributed by atoms with van der Waals surface area (Å²) < 4.78 is 17.9. The molecule has 0 unspecified atom stereocenters. The van der Waals surface area contributed by atoms with Gasteiger partial charge in [-0.2, -0.15) is 0 Å². The van der Waals surface area contributed by atoms with Crippen molar-refractivity contribution in [2.24, 2.45) is 4.99 Å². The van der Waals surface area contributed by atoms with E-state index in [9.17, 15) is 4.79 Å². The van der Waals surface area contributed by atoms with Crippen molar-refractivity contribution in [2.75, 3.05) is 26.4 Å². The molecular formula is C46H93NO4Si. The summed E-state index contributed by atoms with van der Waals surface area (Å²) in [5.41, 5.74) is 0. The van der Waals surface area contributed by atoms with Crippen LogP contribution in [0.25, 0.3) is 0 Å². The zero-order valence-corrected chi connectivity index (χ0v) is 36.8. The average molecular weight is 752 g/mol. The van der Waals surface area contributed by atoms with Crippen molar-refractivity contribution < 1.29 is 18.1 Å². The Bertz CT molecular complexity index is 699. The van der Waals surface area contributed by atoms with Crippen LogP contribution in [0.15, 0.2) is 4.99 Å². The average Bonchev–Trinajstić information content (AvgIpc) is 3.14. The zero-order chi connectivity index (χ0) is 37.7. The quantitative estimate of drug-likeness (QED) is 0.0269. The fourth-order valence-electron chi connectivity index (χ4n) is 7.77. The Morgan fingerprint density at radius 2 is 0.519 bits per heavy atom. The summed E-state index contributed by atoms with van der Waals surface area (Å²) in [5, 5.41) is 0. The van der Waals surface area contributed by atoms with Gasteiger partial charge < -0.3 is 13.3 Å². The first kappa shape index (κ1) is 51.5. The van der Waals surface area contributed by atoms with Crippen molar-refractivity contribution in [3.8, 4) is 0 Å². The highest BCUT2D eigenvalue weighted by molar-refractivity contribution is 6.60. The zero-order valence-electron chi connectivity index (χ0n) is 35.8. The van der Waals surface area contributed by atoms with Crippen LogP contribution in [0.3, 0.4) is 0 Å². The van der Waals surface area contributed by atoms with E-state index < -0.39 is 8.80 Å². The molecule has 0 aliphatic carbocycles. The molecule has 0 rings (SSSR count). The van der Waals surface area contributed by atoms with Gasteiger partial charge in [-0.15, -0.1) is 0 Å². The predicted octanol–water partition coefficient (Wildman–Crippen LogP) is 15.8. The summed E-state index contributed by atoms with van der Waals surface area (Å²) in [6, 6.07) is 0.970. The molecule has 6 heteroatoms. The Morgan fingerprint density at radius 3 is 0.712 bits per heavy atom. The van der Waals surface area contributed by atoms with Gasteiger partial charge in [-0.05, 0) is 33.6 Å². The van der Waals surface area contributed by atoms with E-state index in [1.807, 2.05) is 20.8 Å². The fraction of sp³-hybridized carbons (Fsp3) is 0.978. The summed E-state index contributed by atoms with van der Waals surface area (Å²) in [6.07, 6.45) is 53.7. The Morgan fingerprint density at radius 1 is 0.327 bits per heavy atom. The molecule has 0 aromatic rings. The van der Waals surface area contributed by atoms with Gasteiger partial charge in [0.1, 0.15) is 0 Å². The molecule has 0 aliphatic rings. The lowest BCUT2D eigenvalue weighted by molar-refractivity contribution is 0.0706. The number of aliphatic imine (C=N–C) groups is 1. The maximum atomic E-state index is 10.0. The third kappa shape index (κ3) is 39.2. The molecule has 310 valence electrons. The van der Waals surface area contributed by atoms with Crippen LogP contribution in [0.1, 0.15) is 258 Å². The van der Waals surface area contributed by atoms with Crippen LogP contribution < -0.4 is 0 Å². The first-order valence-electron chi connectivity index (χ1n) is 23.7. The maximum Gasteiger partial charge on any atom is 0.500 e. The molecule has 0 atom stereocenters. The summed E-state index contributed by atoms with van der Waals surface area (Å²) in [6.45, 7) is 8.85. The molecule has 0 aromatic carbocycles. The molecule has 0 N–H and O–H groups in total. The van der Waals surface area contributed by atoms with Crippen LogP contribution in [0, 0.1) is 0 Å². The number of unbranched alkanes of at least 4 members (excludes halogenated alkanes) is 36. The van der Waals surface area contributed by atoms with Crippen LogP contribution >= 0.6 is 0 Å².